The zero-order valence-corrected chi connectivity index (χ0v) is 17.5. The minimum atomic E-state index is -0.508. The van der Waals surface area contributed by atoms with Gasteiger partial charge in [-0.15, -0.1) is 11.3 Å². The van der Waals surface area contributed by atoms with Gasteiger partial charge in [-0.25, -0.2) is 10.4 Å². The van der Waals surface area contributed by atoms with Crippen LogP contribution in [0.5, 0.6) is 11.5 Å². The van der Waals surface area contributed by atoms with Crippen LogP contribution in [0.1, 0.15) is 23.0 Å². The molecule has 0 aliphatic rings. The van der Waals surface area contributed by atoms with E-state index in [1.165, 1.54) is 30.1 Å². The lowest BCUT2D eigenvalue weighted by Crippen LogP contribution is -2.17. The van der Waals surface area contributed by atoms with Crippen LogP contribution < -0.4 is 10.2 Å². The molecule has 0 aliphatic carbocycles. The van der Waals surface area contributed by atoms with E-state index in [2.05, 4.69) is 15.5 Å². The Bertz CT molecular complexity index is 1220. The Morgan fingerprint density at radius 2 is 2.17 bits per heavy atom. The molecule has 9 heteroatoms. The summed E-state index contributed by atoms with van der Waals surface area (Å²) in [4.78, 5) is 16.6. The predicted molar refractivity (Wildman–Crippen MR) is 117 cm³/mol. The highest BCUT2D eigenvalue weighted by Crippen LogP contribution is 2.36. The molecule has 2 aromatic heterocycles. The molecule has 0 aliphatic heterocycles. The number of ether oxygens (including phenoxy) is 1. The van der Waals surface area contributed by atoms with Gasteiger partial charge in [-0.05, 0) is 61.2 Å². The number of carbonyl (C=O) groups excluding carboxylic acids is 1. The van der Waals surface area contributed by atoms with Gasteiger partial charge in [-0.1, -0.05) is 12.1 Å². The van der Waals surface area contributed by atoms with Crippen molar-refractivity contribution < 1.29 is 19.1 Å². The van der Waals surface area contributed by atoms with Crippen LogP contribution in [-0.2, 0) is 0 Å². The molecule has 0 unspecified atom stereocenters. The van der Waals surface area contributed by atoms with Crippen molar-refractivity contribution >= 4 is 45.4 Å². The average Bonchev–Trinajstić information content (AvgIpc) is 3.34. The maximum atomic E-state index is 12.0. The quantitative estimate of drug-likeness (QED) is 0.314. The van der Waals surface area contributed by atoms with Crippen LogP contribution in [-0.4, -0.2) is 28.8 Å². The van der Waals surface area contributed by atoms with E-state index in [1.807, 2.05) is 31.2 Å². The number of fused-ring (bicyclic) bond motifs is 1. The summed E-state index contributed by atoms with van der Waals surface area (Å²) in [7, 11) is 0. The highest BCUT2D eigenvalue weighted by atomic mass is 32.2. The molecule has 0 bridgehead atoms. The number of furan rings is 1. The fraction of sp³-hybridized carbons (Fsp3) is 0.0952. The first-order valence-corrected chi connectivity index (χ1v) is 10.7. The number of benzene rings is 2. The van der Waals surface area contributed by atoms with Crippen molar-refractivity contribution in [2.45, 2.75) is 16.4 Å². The molecule has 2 aromatic carbocycles. The molecule has 4 aromatic rings. The number of nitrogens with one attached hydrogen (secondary N) is 1. The number of hydrogen-bond donors (Lipinski definition) is 2. The molecule has 0 radical (unpaired) electrons. The van der Waals surface area contributed by atoms with Crippen molar-refractivity contribution in [3.05, 3.63) is 65.9 Å². The van der Waals surface area contributed by atoms with Crippen LogP contribution in [0, 0.1) is 0 Å². The maximum absolute atomic E-state index is 12.0. The first kappa shape index (κ1) is 20.0. The lowest BCUT2D eigenvalue weighted by molar-refractivity contribution is 0.0952. The van der Waals surface area contributed by atoms with E-state index in [9.17, 15) is 9.90 Å². The van der Waals surface area contributed by atoms with Crippen molar-refractivity contribution in [3.63, 3.8) is 0 Å². The number of hydrazone groups is 1. The van der Waals surface area contributed by atoms with Crippen LogP contribution in [0.4, 0.5) is 0 Å². The number of rotatable bonds is 7. The van der Waals surface area contributed by atoms with E-state index in [0.717, 1.165) is 20.3 Å². The van der Waals surface area contributed by atoms with E-state index in [4.69, 9.17) is 9.15 Å². The fourth-order valence-corrected chi connectivity index (χ4v) is 4.61. The number of aromatic nitrogens is 1. The van der Waals surface area contributed by atoms with Crippen molar-refractivity contribution in [2.75, 3.05) is 6.61 Å². The molecule has 0 atom stereocenters. The lowest BCUT2D eigenvalue weighted by Gasteiger charge is -2.01. The Labute approximate surface area is 180 Å². The smallest absolute Gasteiger partial charge is 0.275 e. The minimum absolute atomic E-state index is 0.105. The number of hydrogen-bond acceptors (Lipinski definition) is 8. The van der Waals surface area contributed by atoms with Gasteiger partial charge in [-0.3, -0.25) is 4.79 Å². The standard InChI is InChI=1S/C21H17N3O4S2/c1-2-27-13-7-9-16-18(11-13)29-21(23-16)30-19-10-8-14(28-19)12-22-24-20(26)15-5-3-4-6-17(15)25/h3-12,25H,2H2,1H3,(H,24,26). The van der Waals surface area contributed by atoms with Gasteiger partial charge in [0.1, 0.15) is 17.3 Å². The molecule has 4 rings (SSSR count). The maximum Gasteiger partial charge on any atom is 0.275 e. The van der Waals surface area contributed by atoms with Gasteiger partial charge in [0, 0.05) is 0 Å². The van der Waals surface area contributed by atoms with Gasteiger partial charge in [0.2, 0.25) is 0 Å². The Kier molecular flexibility index (Phi) is 6.01. The highest BCUT2D eigenvalue weighted by Gasteiger charge is 2.11. The Hall–Kier alpha value is -3.30. The third-order valence-electron chi connectivity index (χ3n) is 3.95. The van der Waals surface area contributed by atoms with Crippen LogP contribution >= 0.6 is 23.1 Å². The first-order chi connectivity index (χ1) is 14.6. The highest BCUT2D eigenvalue weighted by molar-refractivity contribution is 8.01. The average molecular weight is 440 g/mol. The second-order valence-electron chi connectivity index (χ2n) is 6.02. The number of para-hydroxylation sites is 1. The topological polar surface area (TPSA) is 97.0 Å². The molecule has 7 nitrogen and oxygen atoms in total. The first-order valence-electron chi connectivity index (χ1n) is 9.05. The predicted octanol–water partition coefficient (Wildman–Crippen LogP) is 4.91. The Balaban J connectivity index is 1.39. The zero-order chi connectivity index (χ0) is 20.9. The number of phenolic OH excluding ortho intramolecular Hbond substituents is 1. The monoisotopic (exact) mass is 439 g/mol. The van der Waals surface area contributed by atoms with Crippen molar-refractivity contribution in [1.29, 1.82) is 0 Å². The fourth-order valence-electron chi connectivity index (χ4n) is 2.61. The van der Waals surface area contributed by atoms with Crippen molar-refractivity contribution in [3.8, 4) is 11.5 Å². The molecule has 2 heterocycles. The molecular weight excluding hydrogens is 422 g/mol. The van der Waals surface area contributed by atoms with Gasteiger partial charge >= 0.3 is 0 Å². The number of nitrogens with zero attached hydrogens (tertiary/aromatic N) is 2. The van der Waals surface area contributed by atoms with Crippen LogP contribution in [0.25, 0.3) is 10.2 Å². The Morgan fingerprint density at radius 1 is 1.30 bits per heavy atom. The van der Waals surface area contributed by atoms with Crippen LogP contribution in [0.3, 0.4) is 0 Å². The largest absolute Gasteiger partial charge is 0.507 e. The van der Waals surface area contributed by atoms with Gasteiger partial charge < -0.3 is 14.3 Å². The normalized spacial score (nSPS) is 11.2. The van der Waals surface area contributed by atoms with Crippen LogP contribution in [0.15, 0.2) is 73.5 Å². The van der Waals surface area contributed by atoms with Gasteiger partial charge in [-0.2, -0.15) is 5.10 Å². The second-order valence-corrected chi connectivity index (χ2v) is 8.30. The third-order valence-corrected chi connectivity index (χ3v) is 5.95. The summed E-state index contributed by atoms with van der Waals surface area (Å²) in [6.07, 6.45) is 1.40. The molecule has 0 spiro atoms. The van der Waals surface area contributed by atoms with Gasteiger partial charge in [0.05, 0.1) is 28.6 Å². The number of amides is 1. The van der Waals surface area contributed by atoms with E-state index < -0.39 is 5.91 Å². The summed E-state index contributed by atoms with van der Waals surface area (Å²) < 4.78 is 13.1. The molecule has 0 saturated heterocycles. The molecule has 0 saturated carbocycles. The van der Waals surface area contributed by atoms with Gasteiger partial charge in [0.15, 0.2) is 9.43 Å². The van der Waals surface area contributed by atoms with E-state index in [0.29, 0.717) is 17.5 Å². The number of carbonyl (C=O) groups is 1. The van der Waals surface area contributed by atoms with Crippen LogP contribution in [0.2, 0.25) is 0 Å². The number of aromatic hydroxyl groups is 1. The van der Waals surface area contributed by atoms with Crippen molar-refractivity contribution in [1.82, 2.24) is 10.4 Å². The second kappa shape index (κ2) is 9.02. The minimum Gasteiger partial charge on any atom is -0.507 e. The number of phenols is 1. The zero-order valence-electron chi connectivity index (χ0n) is 15.9. The van der Waals surface area contributed by atoms with Crippen molar-refractivity contribution in [2.24, 2.45) is 5.10 Å². The van der Waals surface area contributed by atoms with Gasteiger partial charge in [0.25, 0.3) is 5.91 Å². The summed E-state index contributed by atoms with van der Waals surface area (Å²) in [5, 5.41) is 14.2. The lowest BCUT2D eigenvalue weighted by atomic mass is 10.2. The summed E-state index contributed by atoms with van der Waals surface area (Å²) in [5.74, 6) is 0.694. The summed E-state index contributed by atoms with van der Waals surface area (Å²) in [6.45, 7) is 2.57. The molecule has 30 heavy (non-hydrogen) atoms. The molecular formula is C21H17N3O4S2. The summed E-state index contributed by atoms with van der Waals surface area (Å²) >= 11 is 2.97. The molecule has 1 amide bonds. The van der Waals surface area contributed by atoms with E-state index in [-0.39, 0.29) is 11.3 Å². The molecule has 152 valence electrons. The third kappa shape index (κ3) is 4.64. The van der Waals surface area contributed by atoms with E-state index >= 15 is 0 Å². The molecule has 2 N–H and O–H groups in total. The summed E-state index contributed by atoms with van der Waals surface area (Å²) in [6, 6.07) is 15.6. The summed E-state index contributed by atoms with van der Waals surface area (Å²) in [5.41, 5.74) is 3.42. The SMILES string of the molecule is CCOc1ccc2nc(Sc3ccc(C=NNC(=O)c4ccccc4O)o3)sc2c1. The Morgan fingerprint density at radius 3 is 3.00 bits per heavy atom. The molecule has 0 fully saturated rings. The van der Waals surface area contributed by atoms with E-state index in [1.54, 1.807) is 29.5 Å². The number of thiazole rings is 1.